The zero-order valence-corrected chi connectivity index (χ0v) is 11.8. The van der Waals surface area contributed by atoms with Gasteiger partial charge in [-0.3, -0.25) is 4.79 Å². The van der Waals surface area contributed by atoms with Crippen molar-refractivity contribution in [1.29, 1.82) is 0 Å². The van der Waals surface area contributed by atoms with Gasteiger partial charge in [0, 0.05) is 6.04 Å². The van der Waals surface area contributed by atoms with E-state index in [1.54, 1.807) is 0 Å². The monoisotopic (exact) mass is 272 g/mol. The number of carbonyl (C=O) groups is 1. The molecule has 1 aromatic heterocycles. The Bertz CT molecular complexity index is 406. The molecule has 0 aromatic carbocycles. The molecule has 0 aliphatic carbocycles. The Hall–Kier alpha value is -1.08. The molecule has 1 heterocycles. The Balaban J connectivity index is 2.95. The van der Waals surface area contributed by atoms with Crippen LogP contribution in [-0.4, -0.2) is 31.1 Å². The molecular weight excluding hydrogens is 252 g/mol. The minimum atomic E-state index is -0.811. The van der Waals surface area contributed by atoms with Crippen molar-refractivity contribution in [2.75, 3.05) is 0 Å². The summed E-state index contributed by atoms with van der Waals surface area (Å²) in [5, 5.41) is 17.4. The topological polar surface area (TPSA) is 94.0 Å². The second-order valence-corrected chi connectivity index (χ2v) is 5.47. The van der Waals surface area contributed by atoms with Crippen LogP contribution in [0.3, 0.4) is 0 Å². The molecule has 1 rings (SSSR count). The van der Waals surface area contributed by atoms with Crippen LogP contribution in [0.1, 0.15) is 45.5 Å². The molecule has 7 heteroatoms. The Kier molecular flexibility index (Phi) is 5.61. The first kappa shape index (κ1) is 15.0. The summed E-state index contributed by atoms with van der Waals surface area (Å²) >= 11 is 1.25. The lowest BCUT2D eigenvalue weighted by Gasteiger charge is -2.15. The first-order valence-electron chi connectivity index (χ1n) is 6.04. The lowest BCUT2D eigenvalue weighted by atomic mass is 10.2. The summed E-state index contributed by atoms with van der Waals surface area (Å²) in [4.78, 5) is 11.1. The molecule has 1 atom stereocenters. The second kappa shape index (κ2) is 6.75. The smallest absolute Gasteiger partial charge is 0.317 e. The van der Waals surface area contributed by atoms with Gasteiger partial charge in [-0.2, -0.15) is 0 Å². The van der Waals surface area contributed by atoms with Crippen LogP contribution >= 0.6 is 11.8 Å². The number of hydrogen-bond acceptors (Lipinski definition) is 5. The average molecular weight is 272 g/mol. The lowest BCUT2D eigenvalue weighted by molar-refractivity contribution is -0.136. The van der Waals surface area contributed by atoms with Crippen LogP contribution < -0.4 is 5.73 Å². The normalized spacial score (nSPS) is 12.9. The molecule has 0 amide bonds. The number of carboxylic acid groups (broad SMARTS) is 1. The highest BCUT2D eigenvalue weighted by Crippen LogP contribution is 2.27. The number of nitrogens with zero attached hydrogens (tertiary/aromatic N) is 3. The molecule has 1 aromatic rings. The van der Waals surface area contributed by atoms with Crippen LogP contribution in [-0.2, 0) is 11.3 Å². The van der Waals surface area contributed by atoms with Crippen molar-refractivity contribution in [3.63, 3.8) is 0 Å². The SMILES string of the molecule is CCCC(Sc1nnc(CN)n1C(C)C)C(=O)O. The largest absolute Gasteiger partial charge is 0.480 e. The predicted molar refractivity (Wildman–Crippen MR) is 70.5 cm³/mol. The Labute approximate surface area is 111 Å². The molecular formula is C11H20N4O2S. The number of hydrogen-bond donors (Lipinski definition) is 2. The third kappa shape index (κ3) is 3.46. The van der Waals surface area contributed by atoms with Gasteiger partial charge >= 0.3 is 5.97 Å². The maximum atomic E-state index is 11.1. The average Bonchev–Trinajstić information content (AvgIpc) is 2.71. The summed E-state index contributed by atoms with van der Waals surface area (Å²) in [7, 11) is 0. The van der Waals surface area contributed by atoms with Gasteiger partial charge in [-0.05, 0) is 20.3 Å². The maximum absolute atomic E-state index is 11.1. The molecule has 0 aliphatic heterocycles. The highest BCUT2D eigenvalue weighted by molar-refractivity contribution is 8.00. The van der Waals surface area contributed by atoms with E-state index in [2.05, 4.69) is 10.2 Å². The quantitative estimate of drug-likeness (QED) is 0.733. The molecule has 18 heavy (non-hydrogen) atoms. The fraction of sp³-hybridized carbons (Fsp3) is 0.727. The third-order valence-corrected chi connectivity index (χ3v) is 3.72. The Morgan fingerprint density at radius 2 is 2.17 bits per heavy atom. The summed E-state index contributed by atoms with van der Waals surface area (Å²) in [6.45, 7) is 6.27. The highest BCUT2D eigenvalue weighted by atomic mass is 32.2. The Morgan fingerprint density at radius 1 is 1.50 bits per heavy atom. The van der Waals surface area contributed by atoms with Crippen LogP contribution in [0.2, 0.25) is 0 Å². The van der Waals surface area contributed by atoms with Gasteiger partial charge in [0.25, 0.3) is 0 Å². The number of rotatable bonds is 7. The van der Waals surface area contributed by atoms with Crippen molar-refractivity contribution >= 4 is 17.7 Å². The van der Waals surface area contributed by atoms with Crippen LogP contribution in [0.4, 0.5) is 0 Å². The van der Waals surface area contributed by atoms with Gasteiger partial charge in [0.05, 0.1) is 6.54 Å². The highest BCUT2D eigenvalue weighted by Gasteiger charge is 2.23. The molecule has 0 fully saturated rings. The zero-order valence-electron chi connectivity index (χ0n) is 11.0. The maximum Gasteiger partial charge on any atom is 0.317 e. The van der Waals surface area contributed by atoms with E-state index in [0.29, 0.717) is 23.9 Å². The minimum Gasteiger partial charge on any atom is -0.480 e. The van der Waals surface area contributed by atoms with Gasteiger partial charge in [0.1, 0.15) is 11.1 Å². The van der Waals surface area contributed by atoms with Crippen molar-refractivity contribution in [3.8, 4) is 0 Å². The van der Waals surface area contributed by atoms with E-state index in [9.17, 15) is 4.79 Å². The number of aliphatic carboxylic acids is 1. The van der Waals surface area contributed by atoms with E-state index in [4.69, 9.17) is 10.8 Å². The van der Waals surface area contributed by atoms with Crippen molar-refractivity contribution in [3.05, 3.63) is 5.82 Å². The van der Waals surface area contributed by atoms with Crippen molar-refractivity contribution in [1.82, 2.24) is 14.8 Å². The molecule has 6 nitrogen and oxygen atoms in total. The zero-order chi connectivity index (χ0) is 13.7. The molecule has 102 valence electrons. The standard InChI is InChI=1S/C11H20N4O2S/c1-4-5-8(10(16)17)18-11-14-13-9(6-12)15(11)7(2)3/h7-8H,4-6,12H2,1-3H3,(H,16,17). The fourth-order valence-electron chi connectivity index (χ4n) is 1.67. The van der Waals surface area contributed by atoms with E-state index >= 15 is 0 Å². The van der Waals surface area contributed by atoms with E-state index in [1.807, 2.05) is 25.3 Å². The molecule has 0 aliphatic rings. The van der Waals surface area contributed by atoms with Gasteiger partial charge < -0.3 is 15.4 Å². The Morgan fingerprint density at radius 3 is 2.61 bits per heavy atom. The van der Waals surface area contributed by atoms with Gasteiger partial charge in [0.2, 0.25) is 0 Å². The van der Waals surface area contributed by atoms with E-state index < -0.39 is 11.2 Å². The summed E-state index contributed by atoms with van der Waals surface area (Å²) in [5.74, 6) is -0.123. The van der Waals surface area contributed by atoms with Crippen LogP contribution in [0.5, 0.6) is 0 Å². The number of thioether (sulfide) groups is 1. The van der Waals surface area contributed by atoms with Gasteiger partial charge in [0.15, 0.2) is 5.16 Å². The number of carboxylic acids is 1. The molecule has 3 N–H and O–H groups in total. The van der Waals surface area contributed by atoms with Gasteiger partial charge in [-0.25, -0.2) is 0 Å². The third-order valence-electron chi connectivity index (χ3n) is 2.51. The fourth-order valence-corrected chi connectivity index (χ4v) is 2.89. The van der Waals surface area contributed by atoms with E-state index in [0.717, 1.165) is 6.42 Å². The van der Waals surface area contributed by atoms with E-state index in [1.165, 1.54) is 11.8 Å². The van der Waals surface area contributed by atoms with Crippen molar-refractivity contribution in [2.24, 2.45) is 5.73 Å². The van der Waals surface area contributed by atoms with Crippen LogP contribution in [0, 0.1) is 0 Å². The molecule has 0 bridgehead atoms. The second-order valence-electron chi connectivity index (χ2n) is 4.30. The van der Waals surface area contributed by atoms with Gasteiger partial charge in [-0.1, -0.05) is 25.1 Å². The number of aromatic nitrogens is 3. The predicted octanol–water partition coefficient (Wildman–Crippen LogP) is 1.66. The summed E-state index contributed by atoms with van der Waals surface area (Å²) in [5.41, 5.74) is 5.60. The lowest BCUT2D eigenvalue weighted by Crippen LogP contribution is -2.18. The van der Waals surface area contributed by atoms with Gasteiger partial charge in [-0.15, -0.1) is 10.2 Å². The molecule has 1 unspecified atom stereocenters. The number of nitrogens with two attached hydrogens (primary N) is 1. The summed E-state index contributed by atoms with van der Waals surface area (Å²) < 4.78 is 1.90. The molecule has 0 radical (unpaired) electrons. The summed E-state index contributed by atoms with van der Waals surface area (Å²) in [6.07, 6.45) is 1.44. The molecule has 0 spiro atoms. The van der Waals surface area contributed by atoms with Crippen molar-refractivity contribution < 1.29 is 9.90 Å². The first-order valence-corrected chi connectivity index (χ1v) is 6.92. The summed E-state index contributed by atoms with van der Waals surface area (Å²) in [6, 6.07) is 0.164. The first-order chi connectivity index (χ1) is 8.51. The minimum absolute atomic E-state index is 0.164. The molecule has 0 saturated heterocycles. The van der Waals surface area contributed by atoms with Crippen molar-refractivity contribution in [2.45, 2.75) is 56.6 Å². The van der Waals surface area contributed by atoms with Crippen LogP contribution in [0.15, 0.2) is 5.16 Å². The van der Waals surface area contributed by atoms with E-state index in [-0.39, 0.29) is 6.04 Å². The molecule has 0 saturated carbocycles. The van der Waals surface area contributed by atoms with Crippen LogP contribution in [0.25, 0.3) is 0 Å².